The van der Waals surface area contributed by atoms with Crippen molar-refractivity contribution in [3.05, 3.63) is 0 Å². The van der Waals surface area contributed by atoms with Crippen molar-refractivity contribution in [2.45, 2.75) is 33.8 Å². The second-order valence-corrected chi connectivity index (χ2v) is 3.50. The zero-order valence-corrected chi connectivity index (χ0v) is 7.38. The van der Waals surface area contributed by atoms with Gasteiger partial charge in [-0.05, 0) is 27.7 Å². The summed E-state index contributed by atoms with van der Waals surface area (Å²) in [4.78, 5) is 21.1. The Morgan fingerprint density at radius 3 is 2.18 bits per heavy atom. The number of hydrogen-bond donors (Lipinski definition) is 0. The van der Waals surface area contributed by atoms with Crippen molar-refractivity contribution >= 4 is 12.3 Å². The molecule has 0 aliphatic carbocycles. The van der Waals surface area contributed by atoms with Crippen LogP contribution in [0.3, 0.4) is 0 Å². The molecule has 0 heterocycles. The molecule has 0 aromatic rings. The summed E-state index contributed by atoms with van der Waals surface area (Å²) in [6.45, 7) is 6.77. The van der Waals surface area contributed by atoms with Crippen LogP contribution in [0.2, 0.25) is 0 Å². The zero-order valence-electron chi connectivity index (χ0n) is 7.38. The fourth-order valence-corrected chi connectivity index (χ4v) is 0.373. The third kappa shape index (κ3) is 3.75. The third-order valence-corrected chi connectivity index (χ3v) is 1.10. The summed E-state index contributed by atoms with van der Waals surface area (Å²) >= 11 is 0. The molecule has 0 amide bonds. The molecule has 64 valence electrons. The van der Waals surface area contributed by atoms with E-state index < -0.39 is 11.5 Å². The molecule has 0 radical (unpaired) electrons. The van der Waals surface area contributed by atoms with Gasteiger partial charge in [-0.2, -0.15) is 0 Å². The average Bonchev–Trinajstić information content (AvgIpc) is 1.85. The van der Waals surface area contributed by atoms with E-state index in [9.17, 15) is 9.59 Å². The van der Waals surface area contributed by atoms with E-state index in [1.54, 1.807) is 20.8 Å². The highest BCUT2D eigenvalue weighted by Crippen LogP contribution is 2.15. The van der Waals surface area contributed by atoms with Gasteiger partial charge in [0.05, 0.1) is 5.41 Å². The van der Waals surface area contributed by atoms with Crippen molar-refractivity contribution in [3.8, 4) is 0 Å². The van der Waals surface area contributed by atoms with Crippen LogP contribution in [0.1, 0.15) is 27.7 Å². The molecule has 0 unspecified atom stereocenters. The van der Waals surface area contributed by atoms with Crippen molar-refractivity contribution < 1.29 is 14.3 Å². The molecule has 0 spiro atoms. The van der Waals surface area contributed by atoms with Gasteiger partial charge in [0.2, 0.25) is 0 Å². The standard InChI is InChI=1S/C8H14O3/c1-6(5-9)11-7(10)8(2,3)4/h5-6H,1-4H3/t6-/m0/s1. The molecular weight excluding hydrogens is 144 g/mol. The monoisotopic (exact) mass is 158 g/mol. The molecule has 0 aromatic heterocycles. The lowest BCUT2D eigenvalue weighted by molar-refractivity contribution is -0.159. The van der Waals surface area contributed by atoms with Gasteiger partial charge >= 0.3 is 5.97 Å². The largest absolute Gasteiger partial charge is 0.455 e. The molecule has 0 aliphatic rings. The lowest BCUT2D eigenvalue weighted by Gasteiger charge is -2.17. The minimum atomic E-state index is -0.637. The van der Waals surface area contributed by atoms with Crippen molar-refractivity contribution in [3.63, 3.8) is 0 Å². The van der Waals surface area contributed by atoms with Crippen LogP contribution in [0.15, 0.2) is 0 Å². The molecule has 1 atom stereocenters. The van der Waals surface area contributed by atoms with Gasteiger partial charge in [-0.25, -0.2) is 0 Å². The lowest BCUT2D eigenvalue weighted by Crippen LogP contribution is -2.27. The molecular formula is C8H14O3. The summed E-state index contributed by atoms with van der Waals surface area (Å²) in [6, 6.07) is 0. The Morgan fingerprint density at radius 2 is 1.91 bits per heavy atom. The predicted molar refractivity (Wildman–Crippen MR) is 41.1 cm³/mol. The molecule has 0 aliphatic heterocycles. The second kappa shape index (κ2) is 3.51. The van der Waals surface area contributed by atoms with Crippen LogP contribution in [0, 0.1) is 5.41 Å². The van der Waals surface area contributed by atoms with Crippen LogP contribution in [-0.4, -0.2) is 18.4 Å². The molecule has 3 nitrogen and oxygen atoms in total. The van der Waals surface area contributed by atoms with E-state index in [2.05, 4.69) is 0 Å². The first-order valence-corrected chi connectivity index (χ1v) is 3.54. The molecule has 0 rings (SSSR count). The van der Waals surface area contributed by atoms with Gasteiger partial charge in [0.25, 0.3) is 0 Å². The number of rotatable bonds is 2. The average molecular weight is 158 g/mol. The Morgan fingerprint density at radius 1 is 1.45 bits per heavy atom. The molecule has 0 N–H and O–H groups in total. The Labute approximate surface area is 66.7 Å². The summed E-state index contributed by atoms with van der Waals surface area (Å²) in [6.07, 6.45) is -0.0365. The van der Waals surface area contributed by atoms with E-state index in [0.717, 1.165) is 0 Å². The first-order chi connectivity index (χ1) is 4.88. The smallest absolute Gasteiger partial charge is 0.311 e. The predicted octanol–water partition coefficient (Wildman–Crippen LogP) is 1.16. The Kier molecular flexibility index (Phi) is 3.23. The van der Waals surface area contributed by atoms with Gasteiger partial charge in [-0.3, -0.25) is 9.59 Å². The number of carbonyl (C=O) groups excluding carboxylic acids is 2. The topological polar surface area (TPSA) is 43.4 Å². The number of hydrogen-bond acceptors (Lipinski definition) is 3. The molecule has 3 heteroatoms. The quantitative estimate of drug-likeness (QED) is 0.447. The SMILES string of the molecule is C[C@@H](C=O)OC(=O)C(C)(C)C. The first kappa shape index (κ1) is 10.1. The summed E-state index contributed by atoms with van der Waals surface area (Å²) in [5, 5.41) is 0. The van der Waals surface area contributed by atoms with Gasteiger partial charge in [0, 0.05) is 0 Å². The normalized spacial score (nSPS) is 13.8. The minimum absolute atomic E-state index is 0.350. The van der Waals surface area contributed by atoms with Crippen LogP contribution in [-0.2, 0) is 14.3 Å². The minimum Gasteiger partial charge on any atom is -0.455 e. The van der Waals surface area contributed by atoms with Crippen LogP contribution in [0.25, 0.3) is 0 Å². The second-order valence-electron chi connectivity index (χ2n) is 3.50. The number of carbonyl (C=O) groups is 2. The number of ether oxygens (including phenoxy) is 1. The fourth-order valence-electron chi connectivity index (χ4n) is 0.373. The summed E-state index contributed by atoms with van der Waals surface area (Å²) in [7, 11) is 0. The van der Waals surface area contributed by atoms with Gasteiger partial charge in [0.15, 0.2) is 12.4 Å². The molecule has 0 bridgehead atoms. The summed E-state index contributed by atoms with van der Waals surface area (Å²) in [5.74, 6) is -0.350. The van der Waals surface area contributed by atoms with Crippen LogP contribution in [0.5, 0.6) is 0 Å². The maximum atomic E-state index is 11.1. The van der Waals surface area contributed by atoms with Gasteiger partial charge in [-0.15, -0.1) is 0 Å². The van der Waals surface area contributed by atoms with Crippen LogP contribution in [0.4, 0.5) is 0 Å². The molecule has 0 aromatic carbocycles. The van der Waals surface area contributed by atoms with Crippen LogP contribution < -0.4 is 0 Å². The lowest BCUT2D eigenvalue weighted by atomic mass is 9.97. The van der Waals surface area contributed by atoms with E-state index in [-0.39, 0.29) is 5.97 Å². The maximum absolute atomic E-state index is 11.1. The third-order valence-electron chi connectivity index (χ3n) is 1.10. The van der Waals surface area contributed by atoms with E-state index in [4.69, 9.17) is 4.74 Å². The maximum Gasteiger partial charge on any atom is 0.311 e. The Bertz CT molecular complexity index is 155. The Balaban J connectivity index is 3.98. The van der Waals surface area contributed by atoms with E-state index in [1.807, 2.05) is 0 Å². The molecule has 11 heavy (non-hydrogen) atoms. The number of aldehydes is 1. The van der Waals surface area contributed by atoms with Crippen LogP contribution >= 0.6 is 0 Å². The number of esters is 1. The van der Waals surface area contributed by atoms with Gasteiger partial charge < -0.3 is 4.74 Å². The Hall–Kier alpha value is -0.860. The van der Waals surface area contributed by atoms with E-state index in [1.165, 1.54) is 6.92 Å². The van der Waals surface area contributed by atoms with E-state index >= 15 is 0 Å². The highest BCUT2D eigenvalue weighted by atomic mass is 16.5. The van der Waals surface area contributed by atoms with E-state index in [0.29, 0.717) is 6.29 Å². The molecule has 0 fully saturated rings. The summed E-state index contributed by atoms with van der Waals surface area (Å²) in [5.41, 5.74) is -0.530. The highest BCUT2D eigenvalue weighted by molar-refractivity contribution is 5.77. The molecule has 0 saturated heterocycles. The summed E-state index contributed by atoms with van der Waals surface area (Å²) < 4.78 is 4.76. The first-order valence-electron chi connectivity index (χ1n) is 3.54. The van der Waals surface area contributed by atoms with Crippen molar-refractivity contribution in [1.82, 2.24) is 0 Å². The van der Waals surface area contributed by atoms with Crippen molar-refractivity contribution in [2.75, 3.05) is 0 Å². The van der Waals surface area contributed by atoms with Gasteiger partial charge in [0.1, 0.15) is 0 Å². The highest BCUT2D eigenvalue weighted by Gasteiger charge is 2.24. The fraction of sp³-hybridized carbons (Fsp3) is 0.750. The molecule has 0 saturated carbocycles. The van der Waals surface area contributed by atoms with Gasteiger partial charge in [-0.1, -0.05) is 0 Å². The van der Waals surface area contributed by atoms with Crippen molar-refractivity contribution in [1.29, 1.82) is 0 Å². The van der Waals surface area contributed by atoms with Crippen molar-refractivity contribution in [2.24, 2.45) is 5.41 Å². The zero-order chi connectivity index (χ0) is 9.07.